The molecule has 1 heterocycles. The second-order valence-electron chi connectivity index (χ2n) is 5.04. The Hall–Kier alpha value is -1.90. The van der Waals surface area contributed by atoms with Crippen LogP contribution in [0.1, 0.15) is 40.0 Å². The van der Waals surface area contributed by atoms with E-state index in [-0.39, 0.29) is 5.78 Å². The Morgan fingerprint density at radius 2 is 1.83 bits per heavy atom. The van der Waals surface area contributed by atoms with Crippen molar-refractivity contribution in [3.05, 3.63) is 46.8 Å². The van der Waals surface area contributed by atoms with E-state index in [2.05, 4.69) is 37.1 Å². The lowest BCUT2D eigenvalue weighted by atomic mass is 9.97. The summed E-state index contributed by atoms with van der Waals surface area (Å²) in [5.41, 5.74) is 5.37. The third kappa shape index (κ3) is 1.76. The quantitative estimate of drug-likeness (QED) is 0.768. The van der Waals surface area contributed by atoms with Crippen LogP contribution in [0.2, 0.25) is 0 Å². The van der Waals surface area contributed by atoms with Gasteiger partial charge in [0.05, 0.1) is 23.1 Å². The Morgan fingerprint density at radius 3 is 2.56 bits per heavy atom. The standard InChI is InChI=1S/C15H16N2O/c1-10-6-11(2)8-12(7-10)17-14-4-3-5-15(18)13(14)9-16-17/h6-9H,3-5H2,1-2H3. The van der Waals surface area contributed by atoms with E-state index >= 15 is 0 Å². The fourth-order valence-electron chi connectivity index (χ4n) is 2.69. The predicted octanol–water partition coefficient (Wildman–Crippen LogP) is 3.01. The van der Waals surface area contributed by atoms with Gasteiger partial charge in [-0.1, -0.05) is 6.07 Å². The smallest absolute Gasteiger partial charge is 0.166 e. The van der Waals surface area contributed by atoms with Crippen molar-refractivity contribution in [3.63, 3.8) is 0 Å². The Balaban J connectivity index is 2.15. The fourth-order valence-corrected chi connectivity index (χ4v) is 2.69. The lowest BCUT2D eigenvalue weighted by Crippen LogP contribution is -2.12. The number of aryl methyl sites for hydroxylation is 2. The van der Waals surface area contributed by atoms with Crippen LogP contribution in [-0.4, -0.2) is 15.6 Å². The molecule has 0 spiro atoms. The maximum absolute atomic E-state index is 11.8. The average molecular weight is 240 g/mol. The SMILES string of the molecule is Cc1cc(C)cc(-n2ncc3c2CCCC3=O)c1. The Labute approximate surface area is 106 Å². The topological polar surface area (TPSA) is 34.9 Å². The van der Waals surface area contributed by atoms with E-state index in [1.165, 1.54) is 11.1 Å². The van der Waals surface area contributed by atoms with Gasteiger partial charge < -0.3 is 0 Å². The Morgan fingerprint density at radius 1 is 1.11 bits per heavy atom. The predicted molar refractivity (Wildman–Crippen MR) is 70.3 cm³/mol. The van der Waals surface area contributed by atoms with Crippen LogP contribution in [-0.2, 0) is 6.42 Å². The molecule has 0 unspecified atom stereocenters. The number of benzene rings is 1. The normalized spacial score (nSPS) is 14.7. The molecule has 92 valence electrons. The minimum atomic E-state index is 0.229. The number of carbonyl (C=O) groups is 1. The summed E-state index contributed by atoms with van der Waals surface area (Å²) >= 11 is 0. The fraction of sp³-hybridized carbons (Fsp3) is 0.333. The van der Waals surface area contributed by atoms with Gasteiger partial charge in [0.15, 0.2) is 5.78 Å². The summed E-state index contributed by atoms with van der Waals surface area (Å²) in [6, 6.07) is 6.36. The largest absolute Gasteiger partial charge is 0.294 e. The van der Waals surface area contributed by atoms with E-state index in [1.54, 1.807) is 6.20 Å². The van der Waals surface area contributed by atoms with Gasteiger partial charge in [-0.05, 0) is 49.9 Å². The first-order valence-corrected chi connectivity index (χ1v) is 6.34. The number of Topliss-reactive ketones (excluding diaryl/α,β-unsaturated/α-hetero) is 1. The molecule has 0 saturated carbocycles. The van der Waals surface area contributed by atoms with Gasteiger partial charge in [0.25, 0.3) is 0 Å². The van der Waals surface area contributed by atoms with E-state index in [1.807, 2.05) is 4.68 Å². The van der Waals surface area contributed by atoms with Crippen LogP contribution in [0.3, 0.4) is 0 Å². The molecule has 0 aliphatic heterocycles. The molecule has 1 aliphatic carbocycles. The zero-order valence-electron chi connectivity index (χ0n) is 10.7. The molecule has 0 atom stereocenters. The second-order valence-corrected chi connectivity index (χ2v) is 5.04. The number of nitrogens with zero attached hydrogens (tertiary/aromatic N) is 2. The maximum atomic E-state index is 11.8. The van der Waals surface area contributed by atoms with Crippen LogP contribution in [0.15, 0.2) is 24.4 Å². The van der Waals surface area contributed by atoms with Gasteiger partial charge in [-0.25, -0.2) is 4.68 Å². The summed E-state index contributed by atoms with van der Waals surface area (Å²) < 4.78 is 1.92. The summed E-state index contributed by atoms with van der Waals surface area (Å²) in [5, 5.41) is 4.40. The molecule has 3 heteroatoms. The monoisotopic (exact) mass is 240 g/mol. The lowest BCUT2D eigenvalue weighted by Gasteiger charge is -2.14. The third-order valence-electron chi connectivity index (χ3n) is 3.44. The van der Waals surface area contributed by atoms with Gasteiger partial charge in [0.1, 0.15) is 0 Å². The molecule has 3 rings (SSSR count). The summed E-state index contributed by atoms with van der Waals surface area (Å²) in [6.07, 6.45) is 4.25. The van der Waals surface area contributed by atoms with Crippen molar-refractivity contribution >= 4 is 5.78 Å². The number of hydrogen-bond donors (Lipinski definition) is 0. The van der Waals surface area contributed by atoms with Crippen LogP contribution in [0, 0.1) is 13.8 Å². The molecule has 0 saturated heterocycles. The van der Waals surface area contributed by atoms with E-state index in [4.69, 9.17) is 0 Å². The number of rotatable bonds is 1. The molecule has 0 amide bonds. The first-order chi connectivity index (χ1) is 8.65. The van der Waals surface area contributed by atoms with E-state index in [0.29, 0.717) is 6.42 Å². The molecule has 0 bridgehead atoms. The Kier molecular flexibility index (Phi) is 2.54. The number of carbonyl (C=O) groups excluding carboxylic acids is 1. The molecule has 1 aliphatic rings. The van der Waals surface area contributed by atoms with Crippen LogP contribution in [0.5, 0.6) is 0 Å². The van der Waals surface area contributed by atoms with Crippen LogP contribution in [0.25, 0.3) is 5.69 Å². The summed E-state index contributed by atoms with van der Waals surface area (Å²) in [6.45, 7) is 4.16. The second kappa shape index (κ2) is 4.09. The number of ketones is 1. The molecular weight excluding hydrogens is 224 g/mol. The molecule has 1 aromatic carbocycles. The molecular formula is C15H16N2O. The van der Waals surface area contributed by atoms with Gasteiger partial charge in [0.2, 0.25) is 0 Å². The minimum absolute atomic E-state index is 0.229. The maximum Gasteiger partial charge on any atom is 0.166 e. The van der Waals surface area contributed by atoms with Gasteiger partial charge in [-0.2, -0.15) is 5.10 Å². The lowest BCUT2D eigenvalue weighted by molar-refractivity contribution is 0.0972. The summed E-state index contributed by atoms with van der Waals surface area (Å²) in [4.78, 5) is 11.8. The first-order valence-electron chi connectivity index (χ1n) is 6.34. The number of aromatic nitrogens is 2. The molecule has 2 aromatic rings. The average Bonchev–Trinajstić information content (AvgIpc) is 2.73. The van der Waals surface area contributed by atoms with Crippen molar-refractivity contribution in [1.82, 2.24) is 9.78 Å². The van der Waals surface area contributed by atoms with Gasteiger partial charge in [-0.3, -0.25) is 4.79 Å². The van der Waals surface area contributed by atoms with Crippen molar-refractivity contribution in [2.75, 3.05) is 0 Å². The van der Waals surface area contributed by atoms with Crippen LogP contribution < -0.4 is 0 Å². The minimum Gasteiger partial charge on any atom is -0.294 e. The van der Waals surface area contributed by atoms with Crippen molar-refractivity contribution in [2.24, 2.45) is 0 Å². The van der Waals surface area contributed by atoms with E-state index < -0.39 is 0 Å². The number of hydrogen-bond acceptors (Lipinski definition) is 2. The molecule has 18 heavy (non-hydrogen) atoms. The Bertz CT molecular complexity index is 605. The molecule has 0 N–H and O–H groups in total. The van der Waals surface area contributed by atoms with Gasteiger partial charge >= 0.3 is 0 Å². The highest BCUT2D eigenvalue weighted by Crippen LogP contribution is 2.24. The molecule has 1 aromatic heterocycles. The molecule has 3 nitrogen and oxygen atoms in total. The van der Waals surface area contributed by atoms with E-state index in [9.17, 15) is 4.79 Å². The van der Waals surface area contributed by atoms with Crippen molar-refractivity contribution in [1.29, 1.82) is 0 Å². The molecule has 0 radical (unpaired) electrons. The third-order valence-corrected chi connectivity index (χ3v) is 3.44. The number of fused-ring (bicyclic) bond motifs is 1. The summed E-state index contributed by atoms with van der Waals surface area (Å²) in [7, 11) is 0. The van der Waals surface area contributed by atoms with Crippen molar-refractivity contribution < 1.29 is 4.79 Å². The highest BCUT2D eigenvalue weighted by molar-refractivity contribution is 5.98. The van der Waals surface area contributed by atoms with Crippen LogP contribution in [0.4, 0.5) is 0 Å². The van der Waals surface area contributed by atoms with Crippen LogP contribution >= 0.6 is 0 Å². The first kappa shape index (κ1) is 11.2. The summed E-state index contributed by atoms with van der Waals surface area (Å²) in [5.74, 6) is 0.229. The highest BCUT2D eigenvalue weighted by atomic mass is 16.1. The molecule has 0 fully saturated rings. The van der Waals surface area contributed by atoms with Crippen molar-refractivity contribution in [3.8, 4) is 5.69 Å². The van der Waals surface area contributed by atoms with Gasteiger partial charge in [-0.15, -0.1) is 0 Å². The van der Waals surface area contributed by atoms with Crippen molar-refractivity contribution in [2.45, 2.75) is 33.1 Å². The highest BCUT2D eigenvalue weighted by Gasteiger charge is 2.22. The van der Waals surface area contributed by atoms with E-state index in [0.717, 1.165) is 29.8 Å². The zero-order chi connectivity index (χ0) is 12.7. The zero-order valence-corrected chi connectivity index (χ0v) is 10.7. The van der Waals surface area contributed by atoms with Gasteiger partial charge in [0, 0.05) is 6.42 Å².